The highest BCUT2D eigenvalue weighted by molar-refractivity contribution is 8.00. The lowest BCUT2D eigenvalue weighted by atomic mass is 10.3. The highest BCUT2D eigenvalue weighted by atomic mass is 32.2. The summed E-state index contributed by atoms with van der Waals surface area (Å²) in [5.41, 5.74) is 0.866. The van der Waals surface area contributed by atoms with Crippen molar-refractivity contribution in [1.29, 1.82) is 0 Å². The lowest BCUT2D eigenvalue weighted by Gasteiger charge is -2.14. The van der Waals surface area contributed by atoms with Crippen LogP contribution in [0.5, 0.6) is 0 Å². The van der Waals surface area contributed by atoms with Gasteiger partial charge in [0.25, 0.3) is 0 Å². The van der Waals surface area contributed by atoms with Gasteiger partial charge in [0.15, 0.2) is 5.16 Å². The van der Waals surface area contributed by atoms with Crippen LogP contribution in [0.3, 0.4) is 0 Å². The van der Waals surface area contributed by atoms with Crippen molar-refractivity contribution in [2.45, 2.75) is 23.9 Å². The van der Waals surface area contributed by atoms with E-state index in [1.54, 1.807) is 19.1 Å². The number of hydrogen-bond donors (Lipinski definition) is 0. The minimum Gasteiger partial charge on any atom is -0.468 e. The largest absolute Gasteiger partial charge is 0.468 e. The third kappa shape index (κ3) is 2.66. The Morgan fingerprint density at radius 1 is 1.32 bits per heavy atom. The fourth-order valence-electron chi connectivity index (χ4n) is 2.30. The van der Waals surface area contributed by atoms with Crippen molar-refractivity contribution in [2.24, 2.45) is 0 Å². The van der Waals surface area contributed by atoms with Gasteiger partial charge in [-0.05, 0) is 31.2 Å². The van der Waals surface area contributed by atoms with Crippen molar-refractivity contribution in [3.05, 3.63) is 30.1 Å². The molecule has 0 N–H and O–H groups in total. The van der Waals surface area contributed by atoms with Gasteiger partial charge in [0.1, 0.15) is 11.1 Å². The molecule has 116 valence electrons. The zero-order chi connectivity index (χ0) is 15.7. The molecule has 3 rings (SSSR count). The van der Waals surface area contributed by atoms with Gasteiger partial charge >= 0.3 is 5.97 Å². The molecule has 0 spiro atoms. The quantitative estimate of drug-likeness (QED) is 0.635. The zero-order valence-corrected chi connectivity index (χ0v) is 13.0. The van der Waals surface area contributed by atoms with Crippen LogP contribution in [0.1, 0.15) is 6.92 Å². The molecule has 2 heterocycles. The van der Waals surface area contributed by atoms with Crippen LogP contribution < -0.4 is 4.90 Å². The van der Waals surface area contributed by atoms with Crippen LogP contribution in [-0.4, -0.2) is 39.6 Å². The number of nitrogens with zero attached hydrogens (tertiary/aromatic N) is 4. The molecule has 6 nitrogen and oxygen atoms in total. The van der Waals surface area contributed by atoms with E-state index < -0.39 is 0 Å². The first-order valence-corrected chi connectivity index (χ1v) is 7.69. The van der Waals surface area contributed by atoms with Gasteiger partial charge in [-0.15, -0.1) is 10.2 Å². The molecule has 0 radical (unpaired) electrons. The Balaban J connectivity index is 1.82. The summed E-state index contributed by atoms with van der Waals surface area (Å²) in [7, 11) is 1.36. The van der Waals surface area contributed by atoms with Crippen molar-refractivity contribution in [3.8, 4) is 0 Å². The number of hydrogen-bond acceptors (Lipinski definition) is 6. The molecule has 1 aromatic heterocycles. The number of methoxy groups -OCH3 is 1. The number of benzene rings is 1. The molecule has 22 heavy (non-hydrogen) atoms. The summed E-state index contributed by atoms with van der Waals surface area (Å²) >= 11 is 1.32. The second kappa shape index (κ2) is 5.96. The van der Waals surface area contributed by atoms with Gasteiger partial charge in [-0.2, -0.15) is 0 Å². The Labute approximate surface area is 131 Å². The average molecular weight is 322 g/mol. The van der Waals surface area contributed by atoms with E-state index in [0.29, 0.717) is 11.1 Å². The van der Waals surface area contributed by atoms with E-state index in [2.05, 4.69) is 10.2 Å². The first kappa shape index (κ1) is 14.8. The summed E-state index contributed by atoms with van der Waals surface area (Å²) < 4.78 is 19.7. The Morgan fingerprint density at radius 2 is 2.05 bits per heavy atom. The molecule has 0 aliphatic carbocycles. The molecule has 0 bridgehead atoms. The average Bonchev–Trinajstić information content (AvgIpc) is 3.10. The van der Waals surface area contributed by atoms with Crippen molar-refractivity contribution in [1.82, 2.24) is 14.8 Å². The molecule has 8 heteroatoms. The molecular weight excluding hydrogens is 307 g/mol. The number of halogens is 1. The van der Waals surface area contributed by atoms with E-state index in [0.717, 1.165) is 18.8 Å². The number of esters is 1. The smallest absolute Gasteiger partial charge is 0.318 e. The number of ether oxygens (including phenoxy) is 1. The van der Waals surface area contributed by atoms with Crippen molar-refractivity contribution >= 4 is 29.4 Å². The number of carbonyl (C=O) groups is 1. The van der Waals surface area contributed by atoms with Crippen molar-refractivity contribution < 1.29 is 13.9 Å². The molecule has 0 saturated heterocycles. The SMILES string of the molecule is COC(=O)[C@H](C)Sc1nnc2n1CCN2c1ccc(F)cc1. The molecule has 0 amide bonds. The first-order chi connectivity index (χ1) is 10.6. The van der Waals surface area contributed by atoms with E-state index in [4.69, 9.17) is 4.74 Å². The fraction of sp³-hybridized carbons (Fsp3) is 0.357. The first-order valence-electron chi connectivity index (χ1n) is 6.81. The molecule has 0 fully saturated rings. The van der Waals surface area contributed by atoms with Crippen LogP contribution in [0.2, 0.25) is 0 Å². The highest BCUT2D eigenvalue weighted by Gasteiger charge is 2.28. The van der Waals surface area contributed by atoms with Crippen LogP contribution in [0.15, 0.2) is 29.4 Å². The van der Waals surface area contributed by atoms with Gasteiger partial charge in [0.2, 0.25) is 5.95 Å². The Hall–Kier alpha value is -2.09. The van der Waals surface area contributed by atoms with Gasteiger partial charge < -0.3 is 9.64 Å². The van der Waals surface area contributed by atoms with E-state index in [1.807, 2.05) is 9.47 Å². The molecular formula is C14H15FN4O2S. The monoisotopic (exact) mass is 322 g/mol. The van der Waals surface area contributed by atoms with Gasteiger partial charge in [0.05, 0.1) is 7.11 Å². The minimum absolute atomic E-state index is 0.271. The fourth-order valence-corrected chi connectivity index (χ4v) is 3.20. The predicted octanol–water partition coefficient (Wildman–Crippen LogP) is 2.22. The number of rotatable bonds is 4. The predicted molar refractivity (Wildman–Crippen MR) is 80.8 cm³/mol. The number of thioether (sulfide) groups is 1. The van der Waals surface area contributed by atoms with Gasteiger partial charge in [-0.25, -0.2) is 4.39 Å². The normalized spacial score (nSPS) is 14.8. The van der Waals surface area contributed by atoms with Gasteiger partial charge in [-0.3, -0.25) is 9.36 Å². The Kier molecular flexibility index (Phi) is 4.02. The summed E-state index contributed by atoms with van der Waals surface area (Å²) in [5.74, 6) is 0.134. The standard InChI is InChI=1S/C14H15FN4O2S/c1-9(12(20)21-2)22-14-17-16-13-18(7-8-19(13)14)11-5-3-10(15)4-6-11/h3-6,9H,7-8H2,1-2H3/t9-/m0/s1. The number of fused-ring (bicyclic) bond motifs is 1. The van der Waals surface area contributed by atoms with Crippen LogP contribution in [-0.2, 0) is 16.1 Å². The second-order valence-corrected chi connectivity index (χ2v) is 6.15. The summed E-state index contributed by atoms with van der Waals surface area (Å²) in [4.78, 5) is 13.5. The molecule has 1 aromatic carbocycles. The number of anilines is 2. The molecule has 2 aromatic rings. The summed E-state index contributed by atoms with van der Waals surface area (Å²) in [6, 6.07) is 6.26. The number of aromatic nitrogens is 3. The van der Waals surface area contributed by atoms with Gasteiger partial charge in [-0.1, -0.05) is 11.8 Å². The molecule has 1 aliphatic heterocycles. The Morgan fingerprint density at radius 3 is 2.73 bits per heavy atom. The molecule has 1 aliphatic rings. The minimum atomic E-state index is -0.349. The van der Waals surface area contributed by atoms with Crippen LogP contribution >= 0.6 is 11.8 Å². The van der Waals surface area contributed by atoms with Crippen LogP contribution in [0.4, 0.5) is 16.0 Å². The third-order valence-corrected chi connectivity index (χ3v) is 4.50. The lowest BCUT2D eigenvalue weighted by Crippen LogP contribution is -2.15. The third-order valence-electron chi connectivity index (χ3n) is 3.44. The van der Waals surface area contributed by atoms with Crippen molar-refractivity contribution in [3.63, 3.8) is 0 Å². The lowest BCUT2D eigenvalue weighted by molar-refractivity contribution is -0.139. The molecule has 0 saturated carbocycles. The molecule has 0 unspecified atom stereocenters. The Bertz CT molecular complexity index is 689. The maximum atomic E-state index is 13.0. The van der Waals surface area contributed by atoms with Crippen LogP contribution in [0, 0.1) is 5.82 Å². The van der Waals surface area contributed by atoms with E-state index >= 15 is 0 Å². The van der Waals surface area contributed by atoms with Crippen LogP contribution in [0.25, 0.3) is 0 Å². The molecule has 1 atom stereocenters. The second-order valence-electron chi connectivity index (χ2n) is 4.85. The summed E-state index contributed by atoms with van der Waals surface area (Å²) in [5, 5.41) is 8.66. The number of carbonyl (C=O) groups excluding carboxylic acids is 1. The topological polar surface area (TPSA) is 60.2 Å². The summed E-state index contributed by atoms with van der Waals surface area (Å²) in [6.07, 6.45) is 0. The van der Waals surface area contributed by atoms with E-state index in [9.17, 15) is 9.18 Å². The maximum absolute atomic E-state index is 13.0. The van der Waals surface area contributed by atoms with E-state index in [-0.39, 0.29) is 17.0 Å². The maximum Gasteiger partial charge on any atom is 0.318 e. The summed E-state index contributed by atoms with van der Waals surface area (Å²) in [6.45, 7) is 3.22. The van der Waals surface area contributed by atoms with Gasteiger partial charge in [0, 0.05) is 18.8 Å². The van der Waals surface area contributed by atoms with Crippen molar-refractivity contribution in [2.75, 3.05) is 18.6 Å². The zero-order valence-electron chi connectivity index (χ0n) is 12.2. The highest BCUT2D eigenvalue weighted by Crippen LogP contribution is 2.33. The van der Waals surface area contributed by atoms with E-state index in [1.165, 1.54) is 31.0 Å².